The average Bonchev–Trinajstić information content (AvgIpc) is 2.77. The predicted octanol–water partition coefficient (Wildman–Crippen LogP) is 1.22. The van der Waals surface area contributed by atoms with Crippen molar-refractivity contribution in [2.24, 2.45) is 17.3 Å². The van der Waals surface area contributed by atoms with E-state index in [1.807, 2.05) is 0 Å². The number of ether oxygens (including phenoxy) is 1. The van der Waals surface area contributed by atoms with Crippen LogP contribution in [-0.2, 0) is 19.1 Å². The number of nitrogens with one attached hydrogen (secondary N) is 4. The quantitative estimate of drug-likeness (QED) is 0.199. The van der Waals surface area contributed by atoms with Crippen molar-refractivity contribution in [2.45, 2.75) is 90.8 Å². The van der Waals surface area contributed by atoms with E-state index in [-0.39, 0.29) is 18.4 Å². The molecule has 0 saturated heterocycles. The summed E-state index contributed by atoms with van der Waals surface area (Å²) in [7, 11) is 1.44. The molecule has 1 aliphatic carbocycles. The maximum Gasteiger partial charge on any atom is 0.407 e. The first kappa shape index (κ1) is 29.6. The van der Waals surface area contributed by atoms with Crippen molar-refractivity contribution in [1.29, 1.82) is 0 Å². The zero-order valence-electron chi connectivity index (χ0n) is 21.2. The molecule has 6 N–H and O–H groups in total. The van der Waals surface area contributed by atoms with Gasteiger partial charge in [-0.25, -0.2) is 10.3 Å². The molecule has 34 heavy (non-hydrogen) atoms. The van der Waals surface area contributed by atoms with Crippen molar-refractivity contribution in [3.8, 4) is 0 Å². The Morgan fingerprint density at radius 2 is 1.62 bits per heavy atom. The van der Waals surface area contributed by atoms with Gasteiger partial charge in [0.2, 0.25) is 11.8 Å². The fraction of sp³-hybridized carbons (Fsp3) is 0.826. The predicted molar refractivity (Wildman–Crippen MR) is 125 cm³/mol. The zero-order chi connectivity index (χ0) is 26.1. The van der Waals surface area contributed by atoms with Gasteiger partial charge in [0.15, 0.2) is 5.60 Å². The molecule has 196 valence electrons. The monoisotopic (exact) mass is 486 g/mol. The Morgan fingerprint density at radius 3 is 2.09 bits per heavy atom. The van der Waals surface area contributed by atoms with Crippen molar-refractivity contribution in [2.75, 3.05) is 13.7 Å². The van der Waals surface area contributed by atoms with Gasteiger partial charge in [0, 0.05) is 13.1 Å². The number of amides is 4. The third kappa shape index (κ3) is 8.43. The SMILES string of the molecule is CNC(=O)[C@@H](NC(=O)[C@H](CC(C)C)[C@](O)(COC(=O)NC1CCCCC1)C(=O)NO)C(C)(C)C. The van der Waals surface area contributed by atoms with Crippen molar-refractivity contribution >= 4 is 23.8 Å². The van der Waals surface area contributed by atoms with E-state index < -0.39 is 53.4 Å². The Bertz CT molecular complexity index is 717. The summed E-state index contributed by atoms with van der Waals surface area (Å²) < 4.78 is 5.16. The Morgan fingerprint density at radius 1 is 1.03 bits per heavy atom. The third-order valence-electron chi connectivity index (χ3n) is 6.11. The number of aliphatic hydroxyl groups is 1. The second kappa shape index (κ2) is 12.9. The van der Waals surface area contributed by atoms with Crippen molar-refractivity contribution in [1.82, 2.24) is 21.4 Å². The number of likely N-dealkylation sites (N-methyl/N-ethyl adjacent to an activating group) is 1. The van der Waals surface area contributed by atoms with Crippen LogP contribution in [0.4, 0.5) is 4.79 Å². The van der Waals surface area contributed by atoms with Crippen LogP contribution in [0.1, 0.15) is 73.1 Å². The lowest BCUT2D eigenvalue weighted by Gasteiger charge is -2.36. The van der Waals surface area contributed by atoms with E-state index >= 15 is 0 Å². The molecule has 0 aromatic heterocycles. The molecular formula is C23H42N4O7. The number of carbonyl (C=O) groups excluding carboxylic acids is 4. The fourth-order valence-electron chi connectivity index (χ4n) is 4.10. The van der Waals surface area contributed by atoms with E-state index in [0.29, 0.717) is 0 Å². The Kier molecular flexibility index (Phi) is 11.2. The number of hydrogen-bond donors (Lipinski definition) is 6. The van der Waals surface area contributed by atoms with Crippen LogP contribution >= 0.6 is 0 Å². The summed E-state index contributed by atoms with van der Waals surface area (Å²) in [4.78, 5) is 50.6. The highest BCUT2D eigenvalue weighted by Gasteiger charge is 2.50. The van der Waals surface area contributed by atoms with Crippen LogP contribution < -0.4 is 21.4 Å². The molecule has 0 radical (unpaired) electrons. The first-order chi connectivity index (χ1) is 15.8. The van der Waals surface area contributed by atoms with Crippen molar-refractivity contribution in [3.63, 3.8) is 0 Å². The topological polar surface area (TPSA) is 166 Å². The third-order valence-corrected chi connectivity index (χ3v) is 6.11. The van der Waals surface area contributed by atoms with Gasteiger partial charge in [0.1, 0.15) is 12.6 Å². The molecule has 0 heterocycles. The summed E-state index contributed by atoms with van der Waals surface area (Å²) in [6.45, 7) is 7.99. The minimum Gasteiger partial charge on any atom is -0.446 e. The van der Waals surface area contributed by atoms with Gasteiger partial charge in [0.25, 0.3) is 5.91 Å². The number of rotatable bonds is 10. The highest BCUT2D eigenvalue weighted by Crippen LogP contribution is 2.28. The number of carbonyl (C=O) groups is 4. The van der Waals surface area contributed by atoms with E-state index in [1.54, 1.807) is 34.6 Å². The lowest BCUT2D eigenvalue weighted by molar-refractivity contribution is -0.167. The lowest BCUT2D eigenvalue weighted by atomic mass is 9.79. The number of alkyl carbamates (subject to hydrolysis) is 1. The molecule has 0 aromatic rings. The number of hydrogen-bond acceptors (Lipinski definition) is 7. The second-order valence-corrected chi connectivity index (χ2v) is 10.5. The van der Waals surface area contributed by atoms with Gasteiger partial charge >= 0.3 is 6.09 Å². The summed E-state index contributed by atoms with van der Waals surface area (Å²) in [5.74, 6) is -4.08. The lowest BCUT2D eigenvalue weighted by Crippen LogP contribution is -2.62. The highest BCUT2D eigenvalue weighted by atomic mass is 16.6. The molecule has 1 saturated carbocycles. The number of hydroxylamine groups is 1. The molecule has 11 nitrogen and oxygen atoms in total. The largest absolute Gasteiger partial charge is 0.446 e. The van der Waals surface area contributed by atoms with Gasteiger partial charge in [0.05, 0.1) is 5.92 Å². The molecule has 3 atom stereocenters. The van der Waals surface area contributed by atoms with Crippen LogP contribution in [0, 0.1) is 17.3 Å². The van der Waals surface area contributed by atoms with E-state index in [0.717, 1.165) is 32.1 Å². The van der Waals surface area contributed by atoms with Gasteiger partial charge < -0.3 is 25.8 Å². The molecule has 0 unspecified atom stereocenters. The van der Waals surface area contributed by atoms with Crippen molar-refractivity contribution in [3.05, 3.63) is 0 Å². The van der Waals surface area contributed by atoms with Gasteiger partial charge in [-0.15, -0.1) is 0 Å². The molecule has 4 amide bonds. The molecule has 0 bridgehead atoms. The van der Waals surface area contributed by atoms with E-state index in [9.17, 15) is 29.5 Å². The fourth-order valence-corrected chi connectivity index (χ4v) is 4.10. The Labute approximate surface area is 201 Å². The molecule has 1 fully saturated rings. The minimum atomic E-state index is -2.57. The van der Waals surface area contributed by atoms with Crippen LogP contribution in [0.25, 0.3) is 0 Å². The van der Waals surface area contributed by atoms with E-state index in [2.05, 4.69) is 16.0 Å². The van der Waals surface area contributed by atoms with Crippen molar-refractivity contribution < 1.29 is 34.2 Å². The van der Waals surface area contributed by atoms with Gasteiger partial charge in [-0.05, 0) is 30.6 Å². The molecule has 0 aromatic carbocycles. The average molecular weight is 487 g/mol. The summed E-state index contributed by atoms with van der Waals surface area (Å²) in [6.07, 6.45) is 3.88. The molecule has 0 aliphatic heterocycles. The van der Waals surface area contributed by atoms with Crippen LogP contribution in [0.3, 0.4) is 0 Å². The summed E-state index contributed by atoms with van der Waals surface area (Å²) in [5, 5.41) is 28.4. The molecular weight excluding hydrogens is 444 g/mol. The van der Waals surface area contributed by atoms with E-state index in [4.69, 9.17) is 4.74 Å². The van der Waals surface area contributed by atoms with Crippen LogP contribution in [0.5, 0.6) is 0 Å². The van der Waals surface area contributed by atoms with Crippen LogP contribution in [0.15, 0.2) is 0 Å². The maximum atomic E-state index is 13.3. The van der Waals surface area contributed by atoms with E-state index in [1.165, 1.54) is 12.5 Å². The smallest absolute Gasteiger partial charge is 0.407 e. The van der Waals surface area contributed by atoms with Gasteiger partial charge in [-0.1, -0.05) is 53.9 Å². The standard InChI is InChI=1S/C23H42N4O7/c1-14(2)12-16(18(28)26-17(19(29)24-6)22(3,4)5)23(32,20(30)27-33)13-34-21(31)25-15-10-8-7-9-11-15/h14-17,32-33H,7-13H2,1-6H3,(H,24,29)(H,25,31)(H,26,28)(H,27,30)/t16-,17+,23+/m0/s1. The molecule has 0 spiro atoms. The molecule has 11 heteroatoms. The summed E-state index contributed by atoms with van der Waals surface area (Å²) in [6, 6.07) is -1.02. The van der Waals surface area contributed by atoms with Crippen LogP contribution in [-0.4, -0.2) is 65.5 Å². The Balaban J connectivity index is 3.13. The van der Waals surface area contributed by atoms with Gasteiger partial charge in [-0.3, -0.25) is 19.6 Å². The highest BCUT2D eigenvalue weighted by molar-refractivity contribution is 5.95. The van der Waals surface area contributed by atoms with Crippen LogP contribution in [0.2, 0.25) is 0 Å². The normalized spacial score (nSPS) is 18.3. The summed E-state index contributed by atoms with van der Waals surface area (Å²) >= 11 is 0. The minimum absolute atomic E-state index is 0.0218. The first-order valence-electron chi connectivity index (χ1n) is 11.9. The molecule has 1 aliphatic rings. The Hall–Kier alpha value is -2.40. The summed E-state index contributed by atoms with van der Waals surface area (Å²) in [5.41, 5.74) is -1.87. The van der Waals surface area contributed by atoms with Gasteiger partial charge in [-0.2, -0.15) is 0 Å². The first-order valence-corrected chi connectivity index (χ1v) is 11.9. The maximum absolute atomic E-state index is 13.3. The second-order valence-electron chi connectivity index (χ2n) is 10.5. The molecule has 1 rings (SSSR count). The zero-order valence-corrected chi connectivity index (χ0v) is 21.2.